The number of β-amino-alcohol motifs (C(OH)–C–C–N with tert-alkyl or cyclic N) is 1. The number of likely N-dealkylation sites (tertiary alicyclic amines) is 1. The van der Waals surface area contributed by atoms with E-state index in [9.17, 15) is 23.9 Å². The number of aliphatic hydroxyl groups excluding tert-OH is 1. The van der Waals surface area contributed by atoms with Gasteiger partial charge in [-0.1, -0.05) is 12.1 Å². The summed E-state index contributed by atoms with van der Waals surface area (Å²) in [6.45, 7) is 6.47. The maximum atomic E-state index is 13.7. The first-order chi connectivity index (χ1) is 17.7. The van der Waals surface area contributed by atoms with E-state index in [1.807, 2.05) is 11.8 Å². The number of amides is 2. The Morgan fingerprint density at radius 3 is 2.49 bits per heavy atom. The van der Waals surface area contributed by atoms with Crippen molar-refractivity contribution in [1.29, 1.82) is 0 Å². The number of rotatable bonds is 5. The van der Waals surface area contributed by atoms with E-state index in [1.165, 1.54) is 17.0 Å². The summed E-state index contributed by atoms with van der Waals surface area (Å²) in [6.07, 6.45) is 1.51. The number of carbonyl (C=O) groups is 3. The van der Waals surface area contributed by atoms with Gasteiger partial charge in [-0.2, -0.15) is 0 Å². The summed E-state index contributed by atoms with van der Waals surface area (Å²) in [4.78, 5) is 47.8. The van der Waals surface area contributed by atoms with Crippen molar-refractivity contribution in [3.05, 3.63) is 71.2 Å². The molecular weight excluding hydrogens is 475 g/mol. The number of nitrogens with one attached hydrogen (secondary N) is 1. The fourth-order valence-corrected chi connectivity index (χ4v) is 5.31. The highest BCUT2D eigenvalue weighted by molar-refractivity contribution is 6.43. The molecule has 37 heavy (non-hydrogen) atoms. The zero-order valence-electron chi connectivity index (χ0n) is 21.0. The first-order valence-corrected chi connectivity index (χ1v) is 12.6. The van der Waals surface area contributed by atoms with Gasteiger partial charge >= 0.3 is 0 Å². The summed E-state index contributed by atoms with van der Waals surface area (Å²) in [5, 5.41) is 10.3. The zero-order valence-corrected chi connectivity index (χ0v) is 21.0. The Kier molecular flexibility index (Phi) is 6.83. The molecule has 0 radical (unpaired) electrons. The second kappa shape index (κ2) is 10.1. The molecule has 1 aromatic heterocycles. The third-order valence-corrected chi connectivity index (χ3v) is 7.49. The monoisotopic (exact) mass is 506 g/mol. The Morgan fingerprint density at radius 2 is 1.78 bits per heavy atom. The fraction of sp³-hybridized carbons (Fsp3) is 0.393. The second-order valence-electron chi connectivity index (χ2n) is 10.2. The van der Waals surface area contributed by atoms with Crippen molar-refractivity contribution in [1.82, 2.24) is 19.7 Å². The Balaban J connectivity index is 1.32. The van der Waals surface area contributed by atoms with Crippen molar-refractivity contribution in [2.24, 2.45) is 0 Å². The number of aliphatic hydroxyl groups is 1. The highest BCUT2D eigenvalue weighted by atomic mass is 19.1. The molecule has 2 N–H and O–H groups in total. The van der Waals surface area contributed by atoms with E-state index < -0.39 is 17.8 Å². The minimum atomic E-state index is -0.646. The van der Waals surface area contributed by atoms with E-state index >= 15 is 0 Å². The molecule has 5 rings (SSSR count). The van der Waals surface area contributed by atoms with Gasteiger partial charge in [-0.05, 0) is 56.2 Å². The summed E-state index contributed by atoms with van der Waals surface area (Å²) in [5.74, 6) is -1.68. The van der Waals surface area contributed by atoms with Crippen LogP contribution < -0.4 is 0 Å². The number of carbonyl (C=O) groups excluding carboxylic acids is 3. The van der Waals surface area contributed by atoms with Crippen LogP contribution in [0.5, 0.6) is 0 Å². The molecule has 8 nitrogen and oxygen atoms in total. The number of ketones is 1. The first-order valence-electron chi connectivity index (χ1n) is 12.6. The minimum absolute atomic E-state index is 0.0536. The Hall–Kier alpha value is -3.56. The van der Waals surface area contributed by atoms with Crippen molar-refractivity contribution >= 4 is 28.5 Å². The van der Waals surface area contributed by atoms with Crippen LogP contribution in [-0.2, 0) is 11.3 Å². The lowest BCUT2D eigenvalue weighted by atomic mass is 10.0. The number of halogens is 1. The van der Waals surface area contributed by atoms with Crippen molar-refractivity contribution < 1.29 is 23.9 Å². The van der Waals surface area contributed by atoms with E-state index in [4.69, 9.17) is 0 Å². The van der Waals surface area contributed by atoms with E-state index in [-0.39, 0.29) is 35.9 Å². The molecule has 0 bridgehead atoms. The summed E-state index contributed by atoms with van der Waals surface area (Å²) < 4.78 is 13.3. The van der Waals surface area contributed by atoms with Gasteiger partial charge in [0.15, 0.2) is 0 Å². The van der Waals surface area contributed by atoms with Crippen molar-refractivity contribution in [2.75, 3.05) is 26.2 Å². The Labute approximate surface area is 214 Å². The summed E-state index contributed by atoms with van der Waals surface area (Å²) in [7, 11) is 0. The molecule has 2 fully saturated rings. The molecule has 2 aliphatic heterocycles. The number of aromatic nitrogens is 1. The maximum Gasteiger partial charge on any atom is 0.295 e. The number of hydrogen-bond acceptors (Lipinski definition) is 5. The van der Waals surface area contributed by atoms with Gasteiger partial charge in [-0.3, -0.25) is 19.3 Å². The summed E-state index contributed by atoms with van der Waals surface area (Å²) in [5.41, 5.74) is 2.41. The van der Waals surface area contributed by atoms with Gasteiger partial charge in [0, 0.05) is 67.5 Å². The van der Waals surface area contributed by atoms with Crippen LogP contribution in [0.15, 0.2) is 48.7 Å². The van der Waals surface area contributed by atoms with Gasteiger partial charge in [0.1, 0.15) is 5.82 Å². The highest BCUT2D eigenvalue weighted by Crippen LogP contribution is 2.26. The van der Waals surface area contributed by atoms with E-state index in [0.717, 1.165) is 5.56 Å². The van der Waals surface area contributed by atoms with Crippen LogP contribution in [-0.4, -0.2) is 86.8 Å². The molecule has 3 heterocycles. The molecule has 0 aliphatic carbocycles. The minimum Gasteiger partial charge on any atom is -0.391 e. The average Bonchev–Trinajstić information content (AvgIpc) is 3.52. The van der Waals surface area contributed by atoms with Crippen LogP contribution in [0.2, 0.25) is 0 Å². The molecule has 2 amide bonds. The number of H-pyrrole nitrogens is 1. The second-order valence-corrected chi connectivity index (χ2v) is 10.2. The van der Waals surface area contributed by atoms with Crippen molar-refractivity contribution in [3.63, 3.8) is 0 Å². The van der Waals surface area contributed by atoms with Gasteiger partial charge in [0.2, 0.25) is 5.78 Å². The lowest BCUT2D eigenvalue weighted by Crippen LogP contribution is -2.57. The topological polar surface area (TPSA) is 97.0 Å². The molecule has 0 spiro atoms. The fourth-order valence-electron chi connectivity index (χ4n) is 5.31. The van der Waals surface area contributed by atoms with Crippen LogP contribution in [0.1, 0.15) is 46.5 Å². The molecule has 0 unspecified atom stereocenters. The standard InChI is InChI=1S/C28H31FN4O4/c1-17-14-33(18(2)13-32(17)15-19-3-6-21(29)7-4-19)27(36)24-12-30-25-8-5-20(11-23(24)25)26(35)28(37)31-10-9-22(34)16-31/h3-8,11-12,17-18,22,30,34H,9-10,13-16H2,1-2H3/t17-,18+,22-/m0/s1. The van der Waals surface area contributed by atoms with E-state index in [1.54, 1.807) is 36.5 Å². The number of benzene rings is 2. The highest BCUT2D eigenvalue weighted by Gasteiger charge is 2.34. The number of fused-ring (bicyclic) bond motifs is 1. The SMILES string of the molecule is C[C@@H]1CN(Cc2ccc(F)cc2)[C@@H](C)CN1C(=O)c1c[nH]c2ccc(C(=O)C(=O)N3CC[C@H](O)C3)cc12. The molecule has 9 heteroatoms. The van der Waals surface area contributed by atoms with Crippen molar-refractivity contribution in [3.8, 4) is 0 Å². The van der Waals surface area contributed by atoms with Gasteiger partial charge < -0.3 is 19.9 Å². The number of aromatic amines is 1. The third kappa shape index (κ3) is 5.01. The van der Waals surface area contributed by atoms with Gasteiger partial charge in [-0.15, -0.1) is 0 Å². The molecule has 3 atom stereocenters. The van der Waals surface area contributed by atoms with Crippen LogP contribution >= 0.6 is 0 Å². The molecule has 0 saturated carbocycles. The summed E-state index contributed by atoms with van der Waals surface area (Å²) in [6, 6.07) is 11.4. The molecule has 2 aromatic carbocycles. The predicted octanol–water partition coefficient (Wildman–Crippen LogP) is 2.82. The van der Waals surface area contributed by atoms with Crippen LogP contribution in [0.4, 0.5) is 4.39 Å². The number of hydrogen-bond donors (Lipinski definition) is 2. The predicted molar refractivity (Wildman–Crippen MR) is 137 cm³/mol. The largest absolute Gasteiger partial charge is 0.391 e. The Morgan fingerprint density at radius 1 is 1.03 bits per heavy atom. The van der Waals surface area contributed by atoms with E-state index in [0.29, 0.717) is 49.1 Å². The molecule has 2 aliphatic rings. The molecule has 2 saturated heterocycles. The van der Waals surface area contributed by atoms with Gasteiger partial charge in [-0.25, -0.2) is 4.39 Å². The van der Waals surface area contributed by atoms with Crippen LogP contribution in [0, 0.1) is 5.82 Å². The number of piperazine rings is 1. The van der Waals surface area contributed by atoms with Crippen LogP contribution in [0.3, 0.4) is 0 Å². The lowest BCUT2D eigenvalue weighted by Gasteiger charge is -2.44. The van der Waals surface area contributed by atoms with Gasteiger partial charge in [0.05, 0.1) is 11.7 Å². The Bertz CT molecular complexity index is 1340. The molecule has 194 valence electrons. The average molecular weight is 507 g/mol. The third-order valence-electron chi connectivity index (χ3n) is 7.49. The summed E-state index contributed by atoms with van der Waals surface area (Å²) >= 11 is 0. The van der Waals surface area contributed by atoms with E-state index in [2.05, 4.69) is 16.8 Å². The number of nitrogens with zero attached hydrogens (tertiary/aromatic N) is 3. The maximum absolute atomic E-state index is 13.7. The smallest absolute Gasteiger partial charge is 0.295 e. The quantitative estimate of drug-likeness (QED) is 0.410. The van der Waals surface area contributed by atoms with Gasteiger partial charge in [0.25, 0.3) is 11.8 Å². The normalized spacial score (nSPS) is 22.5. The number of Topliss-reactive ketones (excluding diaryl/α,β-unsaturated/α-hetero) is 1. The van der Waals surface area contributed by atoms with Crippen molar-refractivity contribution in [2.45, 2.75) is 45.0 Å². The lowest BCUT2D eigenvalue weighted by molar-refractivity contribution is -0.125. The molecular formula is C28H31FN4O4. The zero-order chi connectivity index (χ0) is 26.3. The first kappa shape index (κ1) is 25.1. The van der Waals surface area contributed by atoms with Crippen LogP contribution in [0.25, 0.3) is 10.9 Å². The molecule has 3 aromatic rings.